The summed E-state index contributed by atoms with van der Waals surface area (Å²) >= 11 is 0. The fraction of sp³-hybridized carbons (Fsp3) is 0. The first-order chi connectivity index (χ1) is 8.16. The summed E-state index contributed by atoms with van der Waals surface area (Å²) in [6, 6.07) is 14.8. The molecule has 0 aliphatic carbocycles. The molecule has 0 fully saturated rings. The summed E-state index contributed by atoms with van der Waals surface area (Å²) in [5, 5.41) is 0. The molecule has 0 bridgehead atoms. The van der Waals surface area contributed by atoms with E-state index >= 15 is 0 Å². The number of hydrogen-bond donors (Lipinski definition) is 0. The van der Waals surface area contributed by atoms with Gasteiger partial charge in [-0.1, -0.05) is 36.3 Å². The highest BCUT2D eigenvalue weighted by Crippen LogP contribution is 2.23. The Kier molecular flexibility index (Phi) is 2.99. The Bertz CT molecular complexity index is 665. The molecule has 0 saturated carbocycles. The van der Waals surface area contributed by atoms with Gasteiger partial charge in [0, 0.05) is 5.56 Å². The van der Waals surface area contributed by atoms with Gasteiger partial charge in [-0.15, -0.1) is 6.42 Å². The van der Waals surface area contributed by atoms with E-state index in [9.17, 15) is 8.42 Å². The molecule has 0 aliphatic heterocycles. The molecule has 0 amide bonds. The summed E-state index contributed by atoms with van der Waals surface area (Å²) in [7, 11) is -3.52. The van der Waals surface area contributed by atoms with E-state index < -0.39 is 9.84 Å². The molecule has 0 aromatic heterocycles. The monoisotopic (exact) mass is 242 g/mol. The van der Waals surface area contributed by atoms with Crippen molar-refractivity contribution in [2.45, 2.75) is 9.79 Å². The Hall–Kier alpha value is -2.05. The Morgan fingerprint density at radius 2 is 1.47 bits per heavy atom. The van der Waals surface area contributed by atoms with E-state index in [0.29, 0.717) is 5.56 Å². The first-order valence-electron chi connectivity index (χ1n) is 5.02. The number of sulfone groups is 1. The maximum atomic E-state index is 12.3. The van der Waals surface area contributed by atoms with Crippen molar-refractivity contribution >= 4 is 9.84 Å². The van der Waals surface area contributed by atoms with E-state index in [2.05, 4.69) is 5.92 Å². The van der Waals surface area contributed by atoms with Gasteiger partial charge in [0.1, 0.15) is 0 Å². The second kappa shape index (κ2) is 4.44. The number of rotatable bonds is 2. The van der Waals surface area contributed by atoms with Crippen LogP contribution in [-0.2, 0) is 9.84 Å². The topological polar surface area (TPSA) is 34.1 Å². The first-order valence-corrected chi connectivity index (χ1v) is 6.50. The summed E-state index contributed by atoms with van der Waals surface area (Å²) < 4.78 is 24.6. The van der Waals surface area contributed by atoms with Crippen LogP contribution < -0.4 is 0 Å². The fourth-order valence-electron chi connectivity index (χ4n) is 1.55. The number of benzene rings is 2. The molecule has 2 rings (SSSR count). The summed E-state index contributed by atoms with van der Waals surface area (Å²) in [4.78, 5) is 0.427. The van der Waals surface area contributed by atoms with Crippen molar-refractivity contribution in [1.82, 2.24) is 0 Å². The average molecular weight is 242 g/mol. The summed E-state index contributed by atoms with van der Waals surface area (Å²) in [6.07, 6.45) is 5.31. The van der Waals surface area contributed by atoms with Gasteiger partial charge in [-0.25, -0.2) is 8.42 Å². The predicted molar refractivity (Wildman–Crippen MR) is 66.3 cm³/mol. The maximum Gasteiger partial charge on any atom is 0.207 e. The van der Waals surface area contributed by atoms with Crippen molar-refractivity contribution in [3.8, 4) is 12.3 Å². The Balaban J connectivity index is 2.66. The average Bonchev–Trinajstić information content (AvgIpc) is 2.39. The van der Waals surface area contributed by atoms with E-state index in [-0.39, 0.29) is 9.79 Å². The van der Waals surface area contributed by atoms with Crippen LogP contribution in [0.2, 0.25) is 0 Å². The third kappa shape index (κ3) is 2.08. The molecule has 2 aromatic carbocycles. The molecule has 3 heteroatoms. The smallest absolute Gasteiger partial charge is 0.207 e. The highest BCUT2D eigenvalue weighted by Gasteiger charge is 2.19. The molecular weight excluding hydrogens is 232 g/mol. The molecule has 2 aromatic rings. The molecule has 84 valence electrons. The molecule has 17 heavy (non-hydrogen) atoms. The predicted octanol–water partition coefficient (Wildman–Crippen LogP) is 2.50. The van der Waals surface area contributed by atoms with Crippen LogP contribution in [0.5, 0.6) is 0 Å². The van der Waals surface area contributed by atoms with Crippen LogP contribution in [0.1, 0.15) is 5.56 Å². The van der Waals surface area contributed by atoms with Gasteiger partial charge in [-0.05, 0) is 24.3 Å². The third-order valence-electron chi connectivity index (χ3n) is 2.39. The summed E-state index contributed by atoms with van der Waals surface area (Å²) in [6.45, 7) is 0. The van der Waals surface area contributed by atoms with E-state index in [4.69, 9.17) is 6.42 Å². The quantitative estimate of drug-likeness (QED) is 0.758. The lowest BCUT2D eigenvalue weighted by atomic mass is 10.2. The largest absolute Gasteiger partial charge is 0.218 e. The SMILES string of the molecule is C#Cc1ccccc1S(=O)(=O)c1ccccc1. The molecule has 0 heterocycles. The molecule has 0 aliphatic rings. The van der Waals surface area contributed by atoms with Crippen molar-refractivity contribution in [2.24, 2.45) is 0 Å². The maximum absolute atomic E-state index is 12.3. The Labute approximate surface area is 101 Å². The minimum Gasteiger partial charge on any atom is -0.218 e. The van der Waals surface area contributed by atoms with Gasteiger partial charge in [0.05, 0.1) is 9.79 Å². The Morgan fingerprint density at radius 1 is 0.882 bits per heavy atom. The van der Waals surface area contributed by atoms with E-state index in [1.165, 1.54) is 6.07 Å². The molecule has 0 N–H and O–H groups in total. The summed E-state index contributed by atoms with van der Waals surface area (Å²) in [5.41, 5.74) is 0.386. The minimum absolute atomic E-state index is 0.175. The second-order valence-corrected chi connectivity index (χ2v) is 5.38. The van der Waals surface area contributed by atoms with Crippen molar-refractivity contribution in [3.63, 3.8) is 0 Å². The van der Waals surface area contributed by atoms with Gasteiger partial charge >= 0.3 is 0 Å². The normalized spacial score (nSPS) is 10.8. The second-order valence-electron chi connectivity index (χ2n) is 3.46. The highest BCUT2D eigenvalue weighted by molar-refractivity contribution is 7.91. The van der Waals surface area contributed by atoms with E-state index in [1.54, 1.807) is 48.5 Å². The molecule has 0 spiro atoms. The van der Waals surface area contributed by atoms with Crippen molar-refractivity contribution < 1.29 is 8.42 Å². The van der Waals surface area contributed by atoms with Gasteiger partial charge < -0.3 is 0 Å². The van der Waals surface area contributed by atoms with Crippen LogP contribution in [0.15, 0.2) is 64.4 Å². The highest BCUT2D eigenvalue weighted by atomic mass is 32.2. The lowest BCUT2D eigenvalue weighted by molar-refractivity contribution is 0.596. The molecule has 0 saturated heterocycles. The molecule has 0 atom stereocenters. The molecule has 0 radical (unpaired) electrons. The van der Waals surface area contributed by atoms with Gasteiger partial charge in [0.2, 0.25) is 9.84 Å². The van der Waals surface area contributed by atoms with Crippen molar-refractivity contribution in [1.29, 1.82) is 0 Å². The van der Waals surface area contributed by atoms with Crippen LogP contribution >= 0.6 is 0 Å². The van der Waals surface area contributed by atoms with Crippen molar-refractivity contribution in [3.05, 3.63) is 60.2 Å². The lowest BCUT2D eigenvalue weighted by Gasteiger charge is -2.06. The molecular formula is C14H10O2S. The fourth-order valence-corrected chi connectivity index (χ4v) is 2.99. The summed E-state index contributed by atoms with van der Waals surface area (Å²) in [5.74, 6) is 2.39. The van der Waals surface area contributed by atoms with Gasteiger partial charge in [0.15, 0.2) is 0 Å². The van der Waals surface area contributed by atoms with Crippen LogP contribution in [0, 0.1) is 12.3 Å². The zero-order chi connectivity index (χ0) is 12.3. The van der Waals surface area contributed by atoms with Crippen LogP contribution in [0.4, 0.5) is 0 Å². The zero-order valence-electron chi connectivity index (χ0n) is 9.00. The van der Waals surface area contributed by atoms with Crippen molar-refractivity contribution in [2.75, 3.05) is 0 Å². The lowest BCUT2D eigenvalue weighted by Crippen LogP contribution is -2.03. The van der Waals surface area contributed by atoms with Crippen LogP contribution in [0.3, 0.4) is 0 Å². The Morgan fingerprint density at radius 3 is 2.12 bits per heavy atom. The van der Waals surface area contributed by atoms with Gasteiger partial charge in [0.25, 0.3) is 0 Å². The number of terminal acetylenes is 1. The van der Waals surface area contributed by atoms with Crippen LogP contribution in [0.25, 0.3) is 0 Å². The van der Waals surface area contributed by atoms with Gasteiger partial charge in [-0.3, -0.25) is 0 Å². The molecule has 0 unspecified atom stereocenters. The zero-order valence-corrected chi connectivity index (χ0v) is 9.81. The number of hydrogen-bond acceptors (Lipinski definition) is 2. The first kappa shape index (κ1) is 11.4. The van der Waals surface area contributed by atoms with E-state index in [0.717, 1.165) is 0 Å². The third-order valence-corrected chi connectivity index (χ3v) is 4.21. The van der Waals surface area contributed by atoms with E-state index in [1.807, 2.05) is 0 Å². The minimum atomic E-state index is -3.52. The molecule has 2 nitrogen and oxygen atoms in total. The standard InChI is InChI=1S/C14H10O2S/c1-2-12-8-6-7-11-14(12)17(15,16)13-9-4-3-5-10-13/h1,3-11H. The van der Waals surface area contributed by atoms with Crippen LogP contribution in [-0.4, -0.2) is 8.42 Å². The van der Waals surface area contributed by atoms with Gasteiger partial charge in [-0.2, -0.15) is 0 Å².